The van der Waals surface area contributed by atoms with E-state index in [2.05, 4.69) is 15.3 Å². The lowest BCUT2D eigenvalue weighted by Crippen LogP contribution is -2.23. The van der Waals surface area contributed by atoms with Crippen molar-refractivity contribution < 1.29 is 4.79 Å². The molecule has 0 atom stereocenters. The lowest BCUT2D eigenvalue weighted by Gasteiger charge is -2.13. The molecule has 4 rings (SSSR count). The second-order valence-corrected chi connectivity index (χ2v) is 8.44. The molecule has 2 aromatic carbocycles. The van der Waals surface area contributed by atoms with Crippen LogP contribution in [-0.4, -0.2) is 26.2 Å². The summed E-state index contributed by atoms with van der Waals surface area (Å²) in [5.41, 5.74) is 1.61. The van der Waals surface area contributed by atoms with E-state index < -0.39 is 0 Å². The van der Waals surface area contributed by atoms with Crippen LogP contribution in [0.2, 0.25) is 10.0 Å². The van der Waals surface area contributed by atoms with E-state index in [4.69, 9.17) is 23.2 Å². The van der Waals surface area contributed by atoms with E-state index >= 15 is 0 Å². The van der Waals surface area contributed by atoms with Gasteiger partial charge >= 0.3 is 0 Å². The average molecular weight is 471 g/mol. The van der Waals surface area contributed by atoms with Gasteiger partial charge in [-0.25, -0.2) is 14.5 Å². The summed E-state index contributed by atoms with van der Waals surface area (Å²) in [6.07, 6.45) is 1.68. The van der Waals surface area contributed by atoms with E-state index in [1.54, 1.807) is 48.7 Å². The number of thioether (sulfide) groups is 1. The normalized spacial score (nSPS) is 10.9. The summed E-state index contributed by atoms with van der Waals surface area (Å²) in [5.74, 6) is 0.106. The summed E-state index contributed by atoms with van der Waals surface area (Å²) in [4.78, 5) is 34.7. The molecule has 0 saturated heterocycles. The SMILES string of the molecule is Cc1ccc(-n2c(SCC(=O)Nc3c(Cl)cccc3Cl)nc3ccccc3c2=O)nc1. The first-order valence-electron chi connectivity index (χ1n) is 9.25. The third kappa shape index (κ3) is 4.58. The number of aromatic nitrogens is 3. The second-order valence-electron chi connectivity index (χ2n) is 6.68. The fourth-order valence-corrected chi connectivity index (χ4v) is 4.22. The Hall–Kier alpha value is -2.87. The minimum atomic E-state index is -0.328. The molecule has 6 nitrogen and oxygen atoms in total. The van der Waals surface area contributed by atoms with Crippen LogP contribution in [0.1, 0.15) is 5.56 Å². The van der Waals surface area contributed by atoms with Gasteiger partial charge in [-0.15, -0.1) is 0 Å². The van der Waals surface area contributed by atoms with Crippen LogP contribution in [0.3, 0.4) is 0 Å². The number of nitrogens with one attached hydrogen (secondary N) is 1. The quantitative estimate of drug-likeness (QED) is 0.323. The van der Waals surface area contributed by atoms with Crippen molar-refractivity contribution >= 4 is 57.5 Å². The number of carbonyl (C=O) groups is 1. The van der Waals surface area contributed by atoms with Crippen molar-refractivity contribution in [1.82, 2.24) is 14.5 Å². The van der Waals surface area contributed by atoms with Gasteiger partial charge in [0.05, 0.1) is 32.4 Å². The Labute approximate surface area is 192 Å². The third-order valence-electron chi connectivity index (χ3n) is 4.43. The Morgan fingerprint density at radius 1 is 1.06 bits per heavy atom. The van der Waals surface area contributed by atoms with Crippen LogP contribution in [0.5, 0.6) is 0 Å². The molecule has 0 unspecified atom stereocenters. The largest absolute Gasteiger partial charge is 0.323 e. The van der Waals surface area contributed by atoms with Crippen LogP contribution < -0.4 is 10.9 Å². The lowest BCUT2D eigenvalue weighted by atomic mass is 10.2. The van der Waals surface area contributed by atoms with Crippen molar-refractivity contribution in [3.05, 3.63) is 86.8 Å². The summed E-state index contributed by atoms with van der Waals surface area (Å²) >= 11 is 13.4. The fraction of sp³-hybridized carbons (Fsp3) is 0.0909. The first-order valence-corrected chi connectivity index (χ1v) is 11.0. The van der Waals surface area contributed by atoms with Crippen LogP contribution in [0, 0.1) is 6.92 Å². The van der Waals surface area contributed by atoms with E-state index in [9.17, 15) is 9.59 Å². The molecule has 0 fully saturated rings. The molecule has 2 aromatic heterocycles. The summed E-state index contributed by atoms with van der Waals surface area (Å²) in [5, 5.41) is 4.23. The highest BCUT2D eigenvalue weighted by Crippen LogP contribution is 2.30. The van der Waals surface area contributed by atoms with E-state index in [1.165, 1.54) is 4.57 Å². The van der Waals surface area contributed by atoms with E-state index in [0.29, 0.717) is 37.6 Å². The van der Waals surface area contributed by atoms with Crippen molar-refractivity contribution in [2.24, 2.45) is 0 Å². The van der Waals surface area contributed by atoms with Gasteiger partial charge in [0.1, 0.15) is 5.82 Å². The number of nitrogens with zero attached hydrogens (tertiary/aromatic N) is 3. The molecule has 0 spiro atoms. The molecule has 156 valence electrons. The molecule has 0 saturated carbocycles. The molecule has 31 heavy (non-hydrogen) atoms. The highest BCUT2D eigenvalue weighted by atomic mass is 35.5. The molecule has 0 radical (unpaired) electrons. The van der Waals surface area contributed by atoms with Crippen LogP contribution in [0.25, 0.3) is 16.7 Å². The average Bonchev–Trinajstić information content (AvgIpc) is 2.76. The maximum Gasteiger partial charge on any atom is 0.267 e. The van der Waals surface area contributed by atoms with Gasteiger partial charge in [-0.05, 0) is 42.8 Å². The fourth-order valence-electron chi connectivity index (χ4n) is 2.93. The van der Waals surface area contributed by atoms with Crippen molar-refractivity contribution in [2.45, 2.75) is 12.1 Å². The molecule has 9 heteroatoms. The van der Waals surface area contributed by atoms with Gasteiger partial charge in [0, 0.05) is 6.20 Å². The zero-order chi connectivity index (χ0) is 22.0. The Kier molecular flexibility index (Phi) is 6.27. The predicted molar refractivity (Wildman–Crippen MR) is 126 cm³/mol. The number of aryl methyl sites for hydroxylation is 1. The lowest BCUT2D eigenvalue weighted by molar-refractivity contribution is -0.113. The minimum absolute atomic E-state index is 0.00179. The maximum absolute atomic E-state index is 13.2. The van der Waals surface area contributed by atoms with Crippen LogP contribution in [-0.2, 0) is 4.79 Å². The van der Waals surface area contributed by atoms with Crippen molar-refractivity contribution in [2.75, 3.05) is 11.1 Å². The van der Waals surface area contributed by atoms with Crippen LogP contribution in [0.4, 0.5) is 5.69 Å². The smallest absolute Gasteiger partial charge is 0.267 e. The van der Waals surface area contributed by atoms with E-state index in [-0.39, 0.29) is 17.2 Å². The van der Waals surface area contributed by atoms with Gasteiger partial charge in [0.15, 0.2) is 5.16 Å². The highest BCUT2D eigenvalue weighted by Gasteiger charge is 2.16. The number of pyridine rings is 1. The summed E-state index contributed by atoms with van der Waals surface area (Å²) in [7, 11) is 0. The minimum Gasteiger partial charge on any atom is -0.323 e. The van der Waals surface area contributed by atoms with Crippen molar-refractivity contribution in [1.29, 1.82) is 0 Å². The second kappa shape index (κ2) is 9.09. The van der Waals surface area contributed by atoms with Gasteiger partial charge in [-0.1, -0.05) is 59.2 Å². The summed E-state index contributed by atoms with van der Waals surface area (Å²) in [6.45, 7) is 1.91. The van der Waals surface area contributed by atoms with Crippen LogP contribution in [0.15, 0.2) is 70.7 Å². The first kappa shape index (κ1) is 21.4. The Morgan fingerprint density at radius 3 is 2.52 bits per heavy atom. The molecule has 1 N–H and O–H groups in total. The van der Waals surface area contributed by atoms with Gasteiger partial charge in [0.2, 0.25) is 5.91 Å². The van der Waals surface area contributed by atoms with E-state index in [1.807, 2.05) is 19.1 Å². The Bertz CT molecular complexity index is 1320. The molecule has 1 amide bonds. The molecule has 0 bridgehead atoms. The first-order chi connectivity index (χ1) is 14.9. The number of rotatable bonds is 5. The van der Waals surface area contributed by atoms with E-state index in [0.717, 1.165) is 17.3 Å². The van der Waals surface area contributed by atoms with Gasteiger partial charge < -0.3 is 5.32 Å². The highest BCUT2D eigenvalue weighted by molar-refractivity contribution is 7.99. The monoisotopic (exact) mass is 470 g/mol. The van der Waals surface area contributed by atoms with Crippen molar-refractivity contribution in [3.8, 4) is 5.82 Å². The third-order valence-corrected chi connectivity index (χ3v) is 6.00. The standard InChI is InChI=1S/C22H16Cl2N4O2S/c1-13-9-10-18(25-11-13)28-21(30)14-5-2-3-8-17(14)26-22(28)31-12-19(29)27-20-15(23)6-4-7-16(20)24/h2-11H,12H2,1H3,(H,27,29). The number of hydrogen-bond donors (Lipinski definition) is 1. The zero-order valence-electron chi connectivity index (χ0n) is 16.3. The zero-order valence-corrected chi connectivity index (χ0v) is 18.6. The van der Waals surface area contributed by atoms with Crippen molar-refractivity contribution in [3.63, 3.8) is 0 Å². The van der Waals surface area contributed by atoms with Gasteiger partial charge in [-0.3, -0.25) is 9.59 Å². The molecule has 0 aliphatic heterocycles. The number of hydrogen-bond acceptors (Lipinski definition) is 5. The van der Waals surface area contributed by atoms with Crippen LogP contribution >= 0.6 is 35.0 Å². The van der Waals surface area contributed by atoms with Gasteiger partial charge in [0.25, 0.3) is 5.56 Å². The molecule has 4 aromatic rings. The topological polar surface area (TPSA) is 76.9 Å². The molecular formula is C22H16Cl2N4O2S. The summed E-state index contributed by atoms with van der Waals surface area (Å²) in [6, 6.07) is 15.7. The molecule has 2 heterocycles. The Balaban J connectivity index is 1.68. The summed E-state index contributed by atoms with van der Waals surface area (Å²) < 4.78 is 1.42. The molecule has 0 aliphatic rings. The maximum atomic E-state index is 13.2. The molecule has 0 aliphatic carbocycles. The number of para-hydroxylation sites is 2. The Morgan fingerprint density at radius 2 is 1.81 bits per heavy atom. The number of halogens is 2. The number of carbonyl (C=O) groups excluding carboxylic acids is 1. The predicted octanol–water partition coefficient (Wildman–Crippen LogP) is 5.13. The number of amides is 1. The number of anilines is 1. The number of benzene rings is 2. The van der Waals surface area contributed by atoms with Gasteiger partial charge in [-0.2, -0.15) is 0 Å². The molecular weight excluding hydrogens is 455 g/mol. The number of fused-ring (bicyclic) bond motifs is 1.